The number of halogens is 1. The van der Waals surface area contributed by atoms with Crippen molar-refractivity contribution in [2.45, 2.75) is 27.3 Å². The summed E-state index contributed by atoms with van der Waals surface area (Å²) in [6, 6.07) is 14.2. The predicted molar refractivity (Wildman–Crippen MR) is 122 cm³/mol. The molecule has 3 aromatic rings. The molecule has 0 atom stereocenters. The van der Waals surface area contributed by atoms with Crippen LogP contribution in [0.5, 0.6) is 0 Å². The molecule has 1 aliphatic heterocycles. The molecular formula is C25H28FN3O2. The maximum atomic E-state index is 13.4. The number of amides is 1. The van der Waals surface area contributed by atoms with Crippen molar-refractivity contribution in [3.63, 3.8) is 0 Å². The Morgan fingerprint density at radius 1 is 1.00 bits per heavy atom. The first-order valence-corrected chi connectivity index (χ1v) is 10.6. The van der Waals surface area contributed by atoms with E-state index in [1.807, 2.05) is 49.6 Å². The Hall–Kier alpha value is -3.12. The van der Waals surface area contributed by atoms with Gasteiger partial charge in [-0.25, -0.2) is 4.39 Å². The number of rotatable bonds is 5. The van der Waals surface area contributed by atoms with E-state index in [-0.39, 0.29) is 11.7 Å². The zero-order valence-corrected chi connectivity index (χ0v) is 18.2. The van der Waals surface area contributed by atoms with Crippen LogP contribution in [0.2, 0.25) is 0 Å². The molecule has 6 heteroatoms. The van der Waals surface area contributed by atoms with Crippen molar-refractivity contribution >= 4 is 17.3 Å². The summed E-state index contributed by atoms with van der Waals surface area (Å²) in [6.07, 6.45) is 0. The normalized spacial score (nSPS) is 14.0. The molecule has 0 spiro atoms. The Kier molecular flexibility index (Phi) is 6.09. The minimum absolute atomic E-state index is 0.147. The van der Waals surface area contributed by atoms with Crippen LogP contribution in [-0.2, 0) is 11.3 Å². The fraction of sp³-hybridized carbons (Fsp3) is 0.320. The highest BCUT2D eigenvalue weighted by atomic mass is 19.1. The van der Waals surface area contributed by atoms with Crippen LogP contribution >= 0.6 is 0 Å². The first kappa shape index (κ1) is 21.1. The lowest BCUT2D eigenvalue weighted by atomic mass is 10.1. The highest BCUT2D eigenvalue weighted by molar-refractivity contribution is 6.05. The first-order chi connectivity index (χ1) is 14.9. The molecule has 1 saturated heterocycles. The summed E-state index contributed by atoms with van der Waals surface area (Å²) in [7, 11) is 0. The van der Waals surface area contributed by atoms with Crippen LogP contribution in [0.25, 0.3) is 0 Å². The van der Waals surface area contributed by atoms with Gasteiger partial charge in [-0.3, -0.25) is 4.79 Å². The van der Waals surface area contributed by atoms with E-state index in [1.54, 1.807) is 12.1 Å². The molecule has 0 radical (unpaired) electrons. The number of nitrogens with zero attached hydrogens (tertiary/aromatic N) is 2. The third-order valence-electron chi connectivity index (χ3n) is 5.83. The molecule has 31 heavy (non-hydrogen) atoms. The van der Waals surface area contributed by atoms with Gasteiger partial charge in [0.05, 0.1) is 18.9 Å². The summed E-state index contributed by atoms with van der Waals surface area (Å²) in [5.74, 6) is -0.415. The van der Waals surface area contributed by atoms with Crippen molar-refractivity contribution in [3.05, 3.63) is 82.4 Å². The minimum atomic E-state index is -0.268. The molecule has 2 heterocycles. The van der Waals surface area contributed by atoms with Crippen LogP contribution in [0, 0.1) is 26.6 Å². The van der Waals surface area contributed by atoms with Gasteiger partial charge in [0.15, 0.2) is 0 Å². The number of ether oxygens (including phenoxy) is 1. The lowest BCUT2D eigenvalue weighted by Crippen LogP contribution is -2.36. The number of carbonyl (C=O) groups is 1. The van der Waals surface area contributed by atoms with E-state index in [9.17, 15) is 9.18 Å². The fourth-order valence-electron chi connectivity index (χ4n) is 4.22. The van der Waals surface area contributed by atoms with Gasteiger partial charge in [-0.1, -0.05) is 29.8 Å². The van der Waals surface area contributed by atoms with Crippen molar-refractivity contribution in [1.29, 1.82) is 0 Å². The predicted octanol–water partition coefficient (Wildman–Crippen LogP) is 4.69. The van der Waals surface area contributed by atoms with Crippen molar-refractivity contribution in [2.75, 3.05) is 36.5 Å². The van der Waals surface area contributed by atoms with Crippen molar-refractivity contribution in [2.24, 2.45) is 0 Å². The highest BCUT2D eigenvalue weighted by Gasteiger charge is 2.27. The third kappa shape index (κ3) is 4.49. The van der Waals surface area contributed by atoms with Gasteiger partial charge >= 0.3 is 0 Å². The number of hydrogen-bond acceptors (Lipinski definition) is 3. The lowest BCUT2D eigenvalue weighted by molar-refractivity contribution is 0.101. The van der Waals surface area contributed by atoms with Gasteiger partial charge in [-0.05, 0) is 50.6 Å². The second kappa shape index (κ2) is 8.94. The maximum Gasteiger partial charge on any atom is 0.272 e. The van der Waals surface area contributed by atoms with E-state index >= 15 is 0 Å². The number of morpholine rings is 1. The number of aromatic nitrogens is 1. The number of nitrogens with one attached hydrogen (secondary N) is 1. The number of anilines is 2. The fourth-order valence-corrected chi connectivity index (χ4v) is 4.22. The Morgan fingerprint density at radius 2 is 1.65 bits per heavy atom. The molecule has 1 aromatic heterocycles. The Balaban J connectivity index is 1.74. The molecule has 5 nitrogen and oxygen atoms in total. The number of carbonyl (C=O) groups excluding carboxylic acids is 1. The van der Waals surface area contributed by atoms with E-state index in [0.717, 1.165) is 46.8 Å². The molecule has 1 fully saturated rings. The van der Waals surface area contributed by atoms with Crippen LogP contribution < -0.4 is 10.2 Å². The molecule has 0 aliphatic carbocycles. The Morgan fingerprint density at radius 3 is 2.29 bits per heavy atom. The second-order valence-corrected chi connectivity index (χ2v) is 8.04. The van der Waals surface area contributed by atoms with Gasteiger partial charge in [0, 0.05) is 36.6 Å². The number of benzene rings is 2. The standard InChI is InChI=1S/C25H28FN3O2/c1-17-4-10-22(11-5-17)27-25(30)24-18(2)23(28-12-14-31-15-13-28)19(3)29(24)16-20-6-8-21(26)9-7-20/h4-11H,12-16H2,1-3H3,(H,27,30). The first-order valence-electron chi connectivity index (χ1n) is 10.6. The van der Waals surface area contributed by atoms with Crippen LogP contribution in [0.1, 0.15) is 32.9 Å². The highest BCUT2D eigenvalue weighted by Crippen LogP contribution is 2.32. The summed E-state index contributed by atoms with van der Waals surface area (Å²) in [4.78, 5) is 15.7. The van der Waals surface area contributed by atoms with Gasteiger partial charge < -0.3 is 19.5 Å². The monoisotopic (exact) mass is 421 g/mol. The summed E-state index contributed by atoms with van der Waals surface area (Å²) < 4.78 is 21.0. The largest absolute Gasteiger partial charge is 0.378 e. The van der Waals surface area contributed by atoms with E-state index in [0.29, 0.717) is 25.5 Å². The van der Waals surface area contributed by atoms with Gasteiger partial charge in [0.2, 0.25) is 0 Å². The van der Waals surface area contributed by atoms with E-state index < -0.39 is 0 Å². The molecule has 0 bridgehead atoms. The van der Waals surface area contributed by atoms with Crippen LogP contribution in [-0.4, -0.2) is 36.8 Å². The zero-order valence-electron chi connectivity index (χ0n) is 18.2. The molecule has 0 unspecified atom stereocenters. The second-order valence-electron chi connectivity index (χ2n) is 8.04. The Labute approximate surface area is 182 Å². The van der Waals surface area contributed by atoms with Crippen LogP contribution in [0.4, 0.5) is 15.8 Å². The van der Waals surface area contributed by atoms with Gasteiger partial charge in [-0.2, -0.15) is 0 Å². The molecular weight excluding hydrogens is 393 g/mol. The molecule has 1 aliphatic rings. The van der Waals surface area contributed by atoms with E-state index in [2.05, 4.69) is 10.2 Å². The average Bonchev–Trinajstić information content (AvgIpc) is 3.01. The van der Waals surface area contributed by atoms with Crippen molar-refractivity contribution < 1.29 is 13.9 Å². The molecule has 4 rings (SSSR count). The van der Waals surface area contributed by atoms with Crippen molar-refractivity contribution in [3.8, 4) is 0 Å². The third-order valence-corrected chi connectivity index (χ3v) is 5.83. The molecule has 0 saturated carbocycles. The van der Waals surface area contributed by atoms with Crippen molar-refractivity contribution in [1.82, 2.24) is 4.57 Å². The summed E-state index contributed by atoms with van der Waals surface area (Å²) >= 11 is 0. The topological polar surface area (TPSA) is 46.5 Å². The molecule has 1 amide bonds. The summed E-state index contributed by atoms with van der Waals surface area (Å²) in [6.45, 7) is 9.49. The smallest absolute Gasteiger partial charge is 0.272 e. The number of hydrogen-bond donors (Lipinski definition) is 1. The SMILES string of the molecule is Cc1ccc(NC(=O)c2c(C)c(N3CCOCC3)c(C)n2Cc2ccc(F)cc2)cc1. The maximum absolute atomic E-state index is 13.4. The molecule has 1 N–H and O–H groups in total. The molecule has 2 aromatic carbocycles. The zero-order chi connectivity index (χ0) is 22.0. The average molecular weight is 422 g/mol. The van der Waals surface area contributed by atoms with Gasteiger partial charge in [0.25, 0.3) is 5.91 Å². The van der Waals surface area contributed by atoms with Gasteiger partial charge in [-0.15, -0.1) is 0 Å². The summed E-state index contributed by atoms with van der Waals surface area (Å²) in [5.41, 5.74) is 6.53. The summed E-state index contributed by atoms with van der Waals surface area (Å²) in [5, 5.41) is 3.04. The molecule has 162 valence electrons. The van der Waals surface area contributed by atoms with Crippen LogP contribution in [0.15, 0.2) is 48.5 Å². The minimum Gasteiger partial charge on any atom is -0.378 e. The van der Waals surface area contributed by atoms with E-state index in [1.165, 1.54) is 12.1 Å². The Bertz CT molecular complexity index is 1070. The lowest BCUT2D eigenvalue weighted by Gasteiger charge is -2.29. The van der Waals surface area contributed by atoms with Gasteiger partial charge in [0.1, 0.15) is 11.5 Å². The number of aryl methyl sites for hydroxylation is 1. The quantitative estimate of drug-likeness (QED) is 0.650. The van der Waals surface area contributed by atoms with Crippen LogP contribution in [0.3, 0.4) is 0 Å². The van der Waals surface area contributed by atoms with E-state index in [4.69, 9.17) is 4.74 Å².